The second-order valence-electron chi connectivity index (χ2n) is 6.84. The van der Waals surface area contributed by atoms with Crippen LogP contribution >= 0.6 is 0 Å². The number of H-pyrrole nitrogens is 1. The molecule has 0 saturated carbocycles. The van der Waals surface area contributed by atoms with Gasteiger partial charge in [-0.15, -0.1) is 0 Å². The molecule has 1 aliphatic heterocycles. The standard InChI is InChI=1S/C17H22N2O3/c1-10-4-3-5-19(9-10)17(22)13-8-12-14(18-16(13)21)6-11(2)7-15(12)20/h8,10-11H,3-7,9H2,1-2H3,(H,18,21). The van der Waals surface area contributed by atoms with Crippen LogP contribution in [0.2, 0.25) is 0 Å². The minimum Gasteiger partial charge on any atom is -0.338 e. The van der Waals surface area contributed by atoms with E-state index in [9.17, 15) is 14.4 Å². The molecule has 5 heteroatoms. The van der Waals surface area contributed by atoms with Gasteiger partial charge in [0, 0.05) is 30.8 Å². The number of piperidine rings is 1. The van der Waals surface area contributed by atoms with Gasteiger partial charge in [0.1, 0.15) is 5.56 Å². The van der Waals surface area contributed by atoms with Crippen molar-refractivity contribution in [2.45, 2.75) is 39.5 Å². The quantitative estimate of drug-likeness (QED) is 0.862. The molecule has 1 N–H and O–H groups in total. The van der Waals surface area contributed by atoms with Gasteiger partial charge in [0.2, 0.25) is 0 Å². The SMILES string of the molecule is CC1CC(=O)c2cc(C(=O)N3CCCC(C)C3)c(=O)[nH]c2C1. The Balaban J connectivity index is 1.94. The van der Waals surface area contributed by atoms with Gasteiger partial charge in [-0.05, 0) is 37.2 Å². The van der Waals surface area contributed by atoms with Crippen LogP contribution in [-0.4, -0.2) is 34.7 Å². The number of likely N-dealkylation sites (tertiary alicyclic amines) is 1. The Labute approximate surface area is 129 Å². The third-order valence-corrected chi connectivity index (χ3v) is 4.68. The number of Topliss-reactive ketones (excluding diaryl/α,β-unsaturated/α-hetero) is 1. The monoisotopic (exact) mass is 302 g/mol. The van der Waals surface area contributed by atoms with Crippen LogP contribution in [0.3, 0.4) is 0 Å². The zero-order chi connectivity index (χ0) is 15.9. The van der Waals surface area contributed by atoms with E-state index < -0.39 is 0 Å². The predicted octanol–water partition coefficient (Wildman–Crippen LogP) is 2.01. The van der Waals surface area contributed by atoms with Crippen molar-refractivity contribution in [2.75, 3.05) is 13.1 Å². The number of nitrogens with zero attached hydrogens (tertiary/aromatic N) is 1. The number of aromatic amines is 1. The third kappa shape index (κ3) is 2.72. The molecule has 1 aliphatic carbocycles. The van der Waals surface area contributed by atoms with Crippen molar-refractivity contribution in [1.82, 2.24) is 9.88 Å². The lowest BCUT2D eigenvalue weighted by molar-refractivity contribution is 0.0681. The van der Waals surface area contributed by atoms with Crippen LogP contribution < -0.4 is 5.56 Å². The van der Waals surface area contributed by atoms with Gasteiger partial charge in [-0.2, -0.15) is 0 Å². The van der Waals surface area contributed by atoms with Crippen molar-refractivity contribution in [2.24, 2.45) is 11.8 Å². The Morgan fingerprint density at radius 1 is 1.23 bits per heavy atom. The first-order valence-electron chi connectivity index (χ1n) is 8.04. The lowest BCUT2D eigenvalue weighted by Gasteiger charge is -2.31. The predicted molar refractivity (Wildman–Crippen MR) is 83.2 cm³/mol. The van der Waals surface area contributed by atoms with E-state index in [-0.39, 0.29) is 28.7 Å². The van der Waals surface area contributed by atoms with Crippen LogP contribution in [0.1, 0.15) is 59.5 Å². The summed E-state index contributed by atoms with van der Waals surface area (Å²) in [5, 5.41) is 0. The average molecular weight is 302 g/mol. The fraction of sp³-hybridized carbons (Fsp3) is 0.588. The van der Waals surface area contributed by atoms with Crippen LogP contribution in [0.15, 0.2) is 10.9 Å². The summed E-state index contributed by atoms with van der Waals surface area (Å²) < 4.78 is 0. The molecule has 2 heterocycles. The van der Waals surface area contributed by atoms with Crippen LogP contribution in [0, 0.1) is 11.8 Å². The van der Waals surface area contributed by atoms with Gasteiger partial charge in [0.25, 0.3) is 11.5 Å². The Bertz CT molecular complexity index is 677. The molecule has 0 spiro atoms. The number of fused-ring (bicyclic) bond motifs is 1. The van der Waals surface area contributed by atoms with E-state index >= 15 is 0 Å². The normalized spacial score (nSPS) is 25.0. The number of pyridine rings is 1. The topological polar surface area (TPSA) is 70.2 Å². The van der Waals surface area contributed by atoms with Crippen molar-refractivity contribution in [1.29, 1.82) is 0 Å². The van der Waals surface area contributed by atoms with Gasteiger partial charge >= 0.3 is 0 Å². The van der Waals surface area contributed by atoms with Gasteiger partial charge in [-0.3, -0.25) is 14.4 Å². The van der Waals surface area contributed by atoms with E-state index in [1.54, 1.807) is 4.90 Å². The molecule has 1 aromatic rings. The fourth-order valence-electron chi connectivity index (χ4n) is 3.53. The molecule has 0 aromatic carbocycles. The highest BCUT2D eigenvalue weighted by atomic mass is 16.2. The number of carbonyl (C=O) groups is 2. The lowest BCUT2D eigenvalue weighted by atomic mass is 9.86. The van der Waals surface area contributed by atoms with Crippen LogP contribution in [0.5, 0.6) is 0 Å². The molecule has 2 unspecified atom stereocenters. The van der Waals surface area contributed by atoms with Crippen molar-refractivity contribution >= 4 is 11.7 Å². The number of nitrogens with one attached hydrogen (secondary N) is 1. The molecule has 118 valence electrons. The highest BCUT2D eigenvalue weighted by Gasteiger charge is 2.28. The molecule has 1 aromatic heterocycles. The molecule has 3 rings (SSSR count). The van der Waals surface area contributed by atoms with Gasteiger partial charge in [-0.1, -0.05) is 13.8 Å². The first-order valence-corrected chi connectivity index (χ1v) is 8.04. The van der Waals surface area contributed by atoms with E-state index in [4.69, 9.17) is 0 Å². The highest BCUT2D eigenvalue weighted by Crippen LogP contribution is 2.24. The molecule has 0 bridgehead atoms. The number of ketones is 1. The molecule has 2 aliphatic rings. The zero-order valence-corrected chi connectivity index (χ0v) is 13.1. The van der Waals surface area contributed by atoms with Crippen LogP contribution in [-0.2, 0) is 6.42 Å². The van der Waals surface area contributed by atoms with E-state index in [0.29, 0.717) is 43.1 Å². The number of aromatic nitrogens is 1. The summed E-state index contributed by atoms with van der Waals surface area (Å²) in [5.74, 6) is 0.463. The summed E-state index contributed by atoms with van der Waals surface area (Å²) >= 11 is 0. The first kappa shape index (κ1) is 15.0. The molecular formula is C17H22N2O3. The summed E-state index contributed by atoms with van der Waals surface area (Å²) in [4.78, 5) is 41.5. The van der Waals surface area contributed by atoms with Gasteiger partial charge in [0.15, 0.2) is 5.78 Å². The minimum absolute atomic E-state index is 0.0195. The molecule has 5 nitrogen and oxygen atoms in total. The number of carbonyl (C=O) groups excluding carboxylic acids is 2. The summed E-state index contributed by atoms with van der Waals surface area (Å²) in [5.41, 5.74) is 0.933. The Kier molecular flexibility index (Phi) is 3.89. The number of hydrogen-bond donors (Lipinski definition) is 1. The number of amides is 1. The van der Waals surface area contributed by atoms with Crippen LogP contribution in [0.25, 0.3) is 0 Å². The number of hydrogen-bond acceptors (Lipinski definition) is 3. The maximum absolute atomic E-state index is 12.6. The minimum atomic E-state index is -0.371. The Hall–Kier alpha value is -1.91. The lowest BCUT2D eigenvalue weighted by Crippen LogP contribution is -2.41. The maximum Gasteiger partial charge on any atom is 0.261 e. The smallest absolute Gasteiger partial charge is 0.261 e. The number of rotatable bonds is 1. The van der Waals surface area contributed by atoms with Crippen LogP contribution in [0.4, 0.5) is 0 Å². The summed E-state index contributed by atoms with van der Waals surface area (Å²) in [6.07, 6.45) is 3.24. The molecule has 1 saturated heterocycles. The molecule has 0 radical (unpaired) electrons. The first-order chi connectivity index (χ1) is 10.5. The second-order valence-corrected chi connectivity index (χ2v) is 6.84. The zero-order valence-electron chi connectivity index (χ0n) is 13.1. The Morgan fingerprint density at radius 3 is 2.73 bits per heavy atom. The highest BCUT2D eigenvalue weighted by molar-refractivity contribution is 6.01. The molecular weight excluding hydrogens is 280 g/mol. The van der Waals surface area contributed by atoms with Crippen molar-refractivity contribution in [3.8, 4) is 0 Å². The van der Waals surface area contributed by atoms with Gasteiger partial charge in [0.05, 0.1) is 0 Å². The summed E-state index contributed by atoms with van der Waals surface area (Å²) in [6, 6.07) is 1.52. The Morgan fingerprint density at radius 2 is 2.00 bits per heavy atom. The molecule has 22 heavy (non-hydrogen) atoms. The largest absolute Gasteiger partial charge is 0.338 e. The summed E-state index contributed by atoms with van der Waals surface area (Å²) in [7, 11) is 0. The molecule has 1 amide bonds. The fourth-order valence-corrected chi connectivity index (χ4v) is 3.53. The van der Waals surface area contributed by atoms with E-state index in [1.165, 1.54) is 6.07 Å². The average Bonchev–Trinajstić information content (AvgIpc) is 2.45. The van der Waals surface area contributed by atoms with Gasteiger partial charge in [-0.25, -0.2) is 0 Å². The van der Waals surface area contributed by atoms with E-state index in [0.717, 1.165) is 12.8 Å². The van der Waals surface area contributed by atoms with Crippen molar-refractivity contribution in [3.05, 3.63) is 33.2 Å². The molecule has 1 fully saturated rings. The van der Waals surface area contributed by atoms with E-state index in [2.05, 4.69) is 11.9 Å². The second kappa shape index (κ2) is 5.71. The van der Waals surface area contributed by atoms with Gasteiger partial charge < -0.3 is 9.88 Å². The third-order valence-electron chi connectivity index (χ3n) is 4.68. The summed E-state index contributed by atoms with van der Waals surface area (Å²) in [6.45, 7) is 5.47. The maximum atomic E-state index is 12.6. The van der Waals surface area contributed by atoms with Crippen molar-refractivity contribution in [3.63, 3.8) is 0 Å². The molecule has 2 atom stereocenters. The van der Waals surface area contributed by atoms with E-state index in [1.807, 2.05) is 6.92 Å². The van der Waals surface area contributed by atoms with Crippen molar-refractivity contribution < 1.29 is 9.59 Å².